The third-order valence-corrected chi connectivity index (χ3v) is 3.75. The van der Waals surface area contributed by atoms with Gasteiger partial charge in [0.1, 0.15) is 5.76 Å². The fourth-order valence-electron chi connectivity index (χ4n) is 2.67. The van der Waals surface area contributed by atoms with Crippen LogP contribution in [0, 0.1) is 13.8 Å². The Morgan fingerprint density at radius 1 is 1.20 bits per heavy atom. The number of nitrogens with one attached hydrogen (secondary N) is 3. The normalized spacial score (nSPS) is 11.7. The third-order valence-electron chi connectivity index (χ3n) is 3.75. The van der Waals surface area contributed by atoms with Crippen molar-refractivity contribution in [3.63, 3.8) is 0 Å². The summed E-state index contributed by atoms with van der Waals surface area (Å²) in [4.78, 5) is 23.9. The van der Waals surface area contributed by atoms with E-state index in [4.69, 9.17) is 4.52 Å². The zero-order valence-corrected chi connectivity index (χ0v) is 15.0. The number of aryl methyl sites for hydroxylation is 2. The molecule has 0 aliphatic rings. The van der Waals surface area contributed by atoms with Gasteiger partial charge in [0, 0.05) is 23.4 Å². The smallest absolute Gasteiger partial charge is 0.319 e. The number of carbonyl (C=O) groups excluding carboxylic acids is 2. The number of hydrogen-bond acceptors (Lipinski definition) is 4. The summed E-state index contributed by atoms with van der Waals surface area (Å²) in [5.41, 5.74) is 2.87. The number of aromatic nitrogens is 1. The molecule has 2 rings (SSSR count). The van der Waals surface area contributed by atoms with Crippen LogP contribution < -0.4 is 16.0 Å². The maximum atomic E-state index is 12.2. The van der Waals surface area contributed by atoms with Gasteiger partial charge in [-0.15, -0.1) is 0 Å². The van der Waals surface area contributed by atoms with Crippen LogP contribution in [0.1, 0.15) is 49.7 Å². The van der Waals surface area contributed by atoms with E-state index in [0.29, 0.717) is 23.6 Å². The molecule has 1 aromatic carbocycles. The zero-order valence-electron chi connectivity index (χ0n) is 15.0. The molecule has 7 heteroatoms. The fourth-order valence-corrected chi connectivity index (χ4v) is 2.67. The molecule has 134 valence electrons. The lowest BCUT2D eigenvalue weighted by molar-refractivity contribution is -0.116. The van der Waals surface area contributed by atoms with Gasteiger partial charge in [0.15, 0.2) is 0 Å². The second kappa shape index (κ2) is 8.32. The maximum Gasteiger partial charge on any atom is 0.319 e. The summed E-state index contributed by atoms with van der Waals surface area (Å²) in [7, 11) is 0. The minimum absolute atomic E-state index is 0.0452. The van der Waals surface area contributed by atoms with Crippen molar-refractivity contribution < 1.29 is 14.1 Å². The molecule has 2 aromatic rings. The topological polar surface area (TPSA) is 96.3 Å². The van der Waals surface area contributed by atoms with Crippen molar-refractivity contribution in [1.29, 1.82) is 0 Å². The van der Waals surface area contributed by atoms with E-state index in [9.17, 15) is 9.59 Å². The number of anilines is 2. The van der Waals surface area contributed by atoms with Crippen LogP contribution in [0.15, 0.2) is 28.8 Å². The second-order valence-corrected chi connectivity index (χ2v) is 5.94. The third kappa shape index (κ3) is 5.07. The predicted molar refractivity (Wildman–Crippen MR) is 96.5 cm³/mol. The van der Waals surface area contributed by atoms with Crippen molar-refractivity contribution >= 4 is 23.3 Å². The van der Waals surface area contributed by atoms with Crippen molar-refractivity contribution in [2.45, 2.75) is 46.6 Å². The molecule has 1 heterocycles. The minimum Gasteiger partial charge on any atom is -0.361 e. The van der Waals surface area contributed by atoms with Crippen LogP contribution in [0.3, 0.4) is 0 Å². The number of amides is 3. The molecule has 0 bridgehead atoms. The Balaban J connectivity index is 1.97. The minimum atomic E-state index is -0.343. The summed E-state index contributed by atoms with van der Waals surface area (Å²) < 4.78 is 5.13. The molecule has 1 aromatic heterocycles. The molecule has 0 aliphatic heterocycles. The highest BCUT2D eigenvalue weighted by Crippen LogP contribution is 2.21. The number of carbonyl (C=O) groups is 2. The first-order valence-electron chi connectivity index (χ1n) is 8.31. The number of benzene rings is 1. The molecule has 1 atom stereocenters. The molecule has 0 saturated carbocycles. The highest BCUT2D eigenvalue weighted by molar-refractivity contribution is 5.93. The van der Waals surface area contributed by atoms with Gasteiger partial charge in [0.05, 0.1) is 11.7 Å². The van der Waals surface area contributed by atoms with Gasteiger partial charge in [-0.1, -0.05) is 18.1 Å². The molecular formula is C18H24N4O3. The monoisotopic (exact) mass is 344 g/mol. The van der Waals surface area contributed by atoms with Gasteiger partial charge in [-0.05, 0) is 45.4 Å². The van der Waals surface area contributed by atoms with E-state index in [1.165, 1.54) is 0 Å². The first-order valence-corrected chi connectivity index (χ1v) is 8.31. The molecule has 0 fully saturated rings. The molecule has 0 spiro atoms. The van der Waals surface area contributed by atoms with E-state index >= 15 is 0 Å². The van der Waals surface area contributed by atoms with E-state index < -0.39 is 0 Å². The summed E-state index contributed by atoms with van der Waals surface area (Å²) in [6.07, 6.45) is 1.25. The van der Waals surface area contributed by atoms with Gasteiger partial charge in [-0.3, -0.25) is 4.79 Å². The maximum absolute atomic E-state index is 12.2. The Morgan fingerprint density at radius 2 is 1.88 bits per heavy atom. The van der Waals surface area contributed by atoms with Gasteiger partial charge in [0.25, 0.3) is 0 Å². The van der Waals surface area contributed by atoms with Gasteiger partial charge in [-0.2, -0.15) is 0 Å². The summed E-state index contributed by atoms with van der Waals surface area (Å²) >= 11 is 0. The van der Waals surface area contributed by atoms with Gasteiger partial charge in [0.2, 0.25) is 5.91 Å². The summed E-state index contributed by atoms with van der Waals surface area (Å²) in [5, 5.41) is 12.3. The lowest BCUT2D eigenvalue weighted by Crippen LogP contribution is -2.31. The highest BCUT2D eigenvalue weighted by atomic mass is 16.5. The van der Waals surface area contributed by atoms with Crippen molar-refractivity contribution in [3.05, 3.63) is 41.3 Å². The summed E-state index contributed by atoms with van der Waals surface area (Å²) in [6.45, 7) is 7.47. The Labute approximate surface area is 147 Å². The quantitative estimate of drug-likeness (QED) is 0.740. The molecule has 0 radical (unpaired) electrons. The van der Waals surface area contributed by atoms with Crippen molar-refractivity contribution in [2.75, 3.05) is 10.6 Å². The molecule has 1 unspecified atom stereocenters. The van der Waals surface area contributed by atoms with Crippen LogP contribution in [-0.2, 0) is 4.79 Å². The molecule has 3 N–H and O–H groups in total. The lowest BCUT2D eigenvalue weighted by Gasteiger charge is -2.15. The van der Waals surface area contributed by atoms with Crippen LogP contribution in [0.4, 0.5) is 16.2 Å². The van der Waals surface area contributed by atoms with Crippen molar-refractivity contribution in [2.24, 2.45) is 0 Å². The van der Waals surface area contributed by atoms with E-state index in [1.54, 1.807) is 24.3 Å². The molecule has 0 saturated heterocycles. The molecule has 25 heavy (non-hydrogen) atoms. The van der Waals surface area contributed by atoms with E-state index in [2.05, 4.69) is 21.1 Å². The van der Waals surface area contributed by atoms with Crippen LogP contribution >= 0.6 is 0 Å². The molecule has 7 nitrogen and oxygen atoms in total. The van der Waals surface area contributed by atoms with Gasteiger partial charge in [-0.25, -0.2) is 4.79 Å². The number of hydrogen-bond donors (Lipinski definition) is 3. The van der Waals surface area contributed by atoms with Crippen LogP contribution in [-0.4, -0.2) is 17.1 Å². The lowest BCUT2D eigenvalue weighted by atomic mass is 10.1. The Hall–Kier alpha value is -2.83. The molecular weight excluding hydrogens is 320 g/mol. The van der Waals surface area contributed by atoms with Gasteiger partial charge >= 0.3 is 6.03 Å². The fraction of sp³-hybridized carbons (Fsp3) is 0.389. The SMILES string of the molecule is CCCC(=O)Nc1cccc(NC(=O)NC(C)c2c(C)noc2C)c1. The molecule has 3 amide bonds. The number of rotatable bonds is 6. The highest BCUT2D eigenvalue weighted by Gasteiger charge is 2.18. The predicted octanol–water partition coefficient (Wildman–Crippen LogP) is 3.91. The average molecular weight is 344 g/mol. The van der Waals surface area contributed by atoms with Crippen LogP contribution in [0.25, 0.3) is 0 Å². The summed E-state index contributed by atoms with van der Waals surface area (Å²) in [5.74, 6) is 0.641. The Morgan fingerprint density at radius 3 is 2.48 bits per heavy atom. The number of nitrogens with zero attached hydrogens (tertiary/aromatic N) is 1. The largest absolute Gasteiger partial charge is 0.361 e. The first kappa shape index (κ1) is 18.5. The zero-order chi connectivity index (χ0) is 18.4. The Bertz CT molecular complexity index is 735. The van der Waals surface area contributed by atoms with E-state index in [0.717, 1.165) is 17.7 Å². The first-order chi connectivity index (χ1) is 11.9. The average Bonchev–Trinajstić information content (AvgIpc) is 2.86. The summed E-state index contributed by atoms with van der Waals surface area (Å²) in [6, 6.07) is 6.45. The second-order valence-electron chi connectivity index (χ2n) is 5.94. The van der Waals surface area contributed by atoms with Crippen molar-refractivity contribution in [3.8, 4) is 0 Å². The van der Waals surface area contributed by atoms with E-state index in [-0.39, 0.29) is 18.0 Å². The standard InChI is InChI=1S/C18H24N4O3/c1-5-7-16(23)20-14-8-6-9-15(10-14)21-18(24)19-11(2)17-12(3)22-25-13(17)4/h6,8-11H,5,7H2,1-4H3,(H,20,23)(H2,19,21,24). The number of urea groups is 1. The van der Waals surface area contributed by atoms with Gasteiger partial charge < -0.3 is 20.5 Å². The van der Waals surface area contributed by atoms with Crippen molar-refractivity contribution in [1.82, 2.24) is 10.5 Å². The van der Waals surface area contributed by atoms with E-state index in [1.807, 2.05) is 27.7 Å². The van der Waals surface area contributed by atoms with Crippen LogP contribution in [0.5, 0.6) is 0 Å². The van der Waals surface area contributed by atoms with Crippen LogP contribution in [0.2, 0.25) is 0 Å². The molecule has 0 aliphatic carbocycles. The Kier molecular flexibility index (Phi) is 6.16.